The highest BCUT2D eigenvalue weighted by atomic mass is 15.1. The van der Waals surface area contributed by atoms with Crippen LogP contribution in [0.15, 0.2) is 158 Å². The number of nitrogens with one attached hydrogen (secondary N) is 2. The minimum atomic E-state index is 0.978. The molecule has 0 aliphatic carbocycles. The molecule has 4 nitrogen and oxygen atoms in total. The highest BCUT2D eigenvalue weighted by Gasteiger charge is 2.14. The first-order valence-electron chi connectivity index (χ1n) is 13.7. The number of nitrogens with zero attached hydrogens (tertiary/aromatic N) is 2. The Kier molecular flexibility index (Phi) is 6.48. The van der Waals surface area contributed by atoms with Gasteiger partial charge in [-0.25, -0.2) is 4.98 Å². The van der Waals surface area contributed by atoms with E-state index in [9.17, 15) is 0 Å². The molecule has 0 aliphatic heterocycles. The van der Waals surface area contributed by atoms with Gasteiger partial charge in [0.2, 0.25) is 0 Å². The molecule has 7 rings (SSSR count). The molecule has 41 heavy (non-hydrogen) atoms. The topological polar surface area (TPSA) is 41.9 Å². The third-order valence-corrected chi connectivity index (χ3v) is 7.28. The van der Waals surface area contributed by atoms with Gasteiger partial charge in [0.1, 0.15) is 6.33 Å². The Bertz CT molecular complexity index is 1880. The van der Waals surface area contributed by atoms with Crippen molar-refractivity contribution in [3.05, 3.63) is 158 Å². The van der Waals surface area contributed by atoms with E-state index in [2.05, 4.69) is 154 Å². The standard InChI is InChI=1S/C37H28N4/c1-3-13-27(14-4-1)31-19-12-20-32(28-15-5-2-6-16-28)37(31)40-34-22-8-7-21-33(34)39-29-17-11-18-30(25-29)41-26-38-35-23-9-10-24-36(35)41/h1-26,39-40H. The molecule has 7 aromatic rings. The van der Waals surface area contributed by atoms with E-state index >= 15 is 0 Å². The normalized spacial score (nSPS) is 10.9. The van der Waals surface area contributed by atoms with Crippen molar-refractivity contribution in [2.24, 2.45) is 0 Å². The maximum Gasteiger partial charge on any atom is 0.100 e. The molecule has 0 bridgehead atoms. The first-order chi connectivity index (χ1) is 20.3. The summed E-state index contributed by atoms with van der Waals surface area (Å²) in [4.78, 5) is 4.57. The van der Waals surface area contributed by atoms with E-state index in [1.165, 1.54) is 11.1 Å². The van der Waals surface area contributed by atoms with Crippen molar-refractivity contribution < 1.29 is 0 Å². The predicted molar refractivity (Wildman–Crippen MR) is 171 cm³/mol. The second kappa shape index (κ2) is 10.9. The van der Waals surface area contributed by atoms with E-state index in [1.807, 2.05) is 24.5 Å². The van der Waals surface area contributed by atoms with Crippen molar-refractivity contribution in [1.29, 1.82) is 0 Å². The van der Waals surface area contributed by atoms with Crippen molar-refractivity contribution in [3.63, 3.8) is 0 Å². The van der Waals surface area contributed by atoms with Crippen LogP contribution in [0.4, 0.5) is 22.7 Å². The summed E-state index contributed by atoms with van der Waals surface area (Å²) < 4.78 is 2.12. The van der Waals surface area contributed by atoms with Crippen molar-refractivity contribution in [2.75, 3.05) is 10.6 Å². The summed E-state index contributed by atoms with van der Waals surface area (Å²) in [5, 5.41) is 7.48. The van der Waals surface area contributed by atoms with Crippen LogP contribution < -0.4 is 10.6 Å². The lowest BCUT2D eigenvalue weighted by atomic mass is 9.95. The van der Waals surface area contributed by atoms with Crippen LogP contribution in [-0.4, -0.2) is 9.55 Å². The molecule has 0 aliphatic rings. The van der Waals surface area contributed by atoms with Crippen molar-refractivity contribution in [3.8, 4) is 27.9 Å². The van der Waals surface area contributed by atoms with E-state index < -0.39 is 0 Å². The zero-order valence-corrected chi connectivity index (χ0v) is 22.4. The summed E-state index contributed by atoms with van der Waals surface area (Å²) in [5.41, 5.74) is 11.8. The molecule has 0 amide bonds. The molecule has 196 valence electrons. The summed E-state index contributed by atoms with van der Waals surface area (Å²) in [7, 11) is 0. The highest BCUT2D eigenvalue weighted by Crippen LogP contribution is 2.40. The number of fused-ring (bicyclic) bond motifs is 1. The fourth-order valence-corrected chi connectivity index (χ4v) is 5.29. The van der Waals surface area contributed by atoms with E-state index in [4.69, 9.17) is 0 Å². The number of benzene rings is 6. The Labute approximate surface area is 239 Å². The Morgan fingerprint density at radius 2 is 1.07 bits per heavy atom. The lowest BCUT2D eigenvalue weighted by Gasteiger charge is -2.20. The van der Waals surface area contributed by atoms with E-state index in [0.29, 0.717) is 0 Å². The van der Waals surface area contributed by atoms with Crippen molar-refractivity contribution in [1.82, 2.24) is 9.55 Å². The number of aromatic nitrogens is 2. The minimum Gasteiger partial charge on any atom is -0.354 e. The number of imidazole rings is 1. The number of para-hydroxylation sites is 5. The van der Waals surface area contributed by atoms with Crippen LogP contribution in [-0.2, 0) is 0 Å². The fourth-order valence-electron chi connectivity index (χ4n) is 5.29. The first kappa shape index (κ1) is 24.4. The van der Waals surface area contributed by atoms with E-state index in [1.54, 1.807) is 0 Å². The molecule has 0 saturated carbocycles. The summed E-state index contributed by atoms with van der Waals surface area (Å²) in [6.07, 6.45) is 1.88. The van der Waals surface area contributed by atoms with Gasteiger partial charge in [-0.15, -0.1) is 0 Å². The van der Waals surface area contributed by atoms with Gasteiger partial charge in [-0.2, -0.15) is 0 Å². The molecular formula is C37H28N4. The largest absolute Gasteiger partial charge is 0.354 e. The molecule has 2 N–H and O–H groups in total. The SMILES string of the molecule is c1ccc(-c2cccc(-c3ccccc3)c2Nc2ccccc2Nc2cccc(-n3cnc4ccccc43)c2)cc1. The maximum atomic E-state index is 4.57. The first-order valence-corrected chi connectivity index (χ1v) is 13.7. The van der Waals surface area contributed by atoms with Crippen molar-refractivity contribution in [2.45, 2.75) is 0 Å². The lowest BCUT2D eigenvalue weighted by Crippen LogP contribution is -2.01. The van der Waals surface area contributed by atoms with Gasteiger partial charge in [0.25, 0.3) is 0 Å². The lowest BCUT2D eigenvalue weighted by molar-refractivity contribution is 1.09. The molecule has 0 atom stereocenters. The molecule has 1 heterocycles. The van der Waals surface area contributed by atoms with Gasteiger partial charge in [0.05, 0.1) is 28.1 Å². The van der Waals surface area contributed by atoms with Crippen LogP contribution in [0.1, 0.15) is 0 Å². The minimum absolute atomic E-state index is 0.978. The van der Waals surface area contributed by atoms with E-state index in [0.717, 1.165) is 50.6 Å². The molecular weight excluding hydrogens is 500 g/mol. The second-order valence-electron chi connectivity index (χ2n) is 9.91. The Balaban J connectivity index is 1.27. The van der Waals surface area contributed by atoms with Crippen LogP contribution in [0.3, 0.4) is 0 Å². The van der Waals surface area contributed by atoms with Gasteiger partial charge >= 0.3 is 0 Å². The van der Waals surface area contributed by atoms with Crippen LogP contribution in [0.5, 0.6) is 0 Å². The van der Waals surface area contributed by atoms with Gasteiger partial charge in [0.15, 0.2) is 0 Å². The summed E-state index contributed by atoms with van der Waals surface area (Å²) >= 11 is 0. The molecule has 1 aromatic heterocycles. The quantitative estimate of drug-likeness (QED) is 0.216. The average molecular weight is 529 g/mol. The average Bonchev–Trinajstić information content (AvgIpc) is 3.47. The van der Waals surface area contributed by atoms with Gasteiger partial charge in [0, 0.05) is 22.5 Å². The Morgan fingerprint density at radius 3 is 1.78 bits per heavy atom. The third kappa shape index (κ3) is 4.95. The fraction of sp³-hybridized carbons (Fsp3) is 0. The zero-order valence-electron chi connectivity index (χ0n) is 22.4. The molecule has 0 unspecified atom stereocenters. The number of rotatable bonds is 7. The molecule has 0 saturated heterocycles. The van der Waals surface area contributed by atoms with Gasteiger partial charge in [-0.1, -0.05) is 109 Å². The maximum absolute atomic E-state index is 4.57. The predicted octanol–water partition coefficient (Wildman–Crippen LogP) is 9.85. The molecule has 4 heteroatoms. The molecule has 0 spiro atoms. The van der Waals surface area contributed by atoms with Gasteiger partial charge < -0.3 is 10.6 Å². The third-order valence-electron chi connectivity index (χ3n) is 7.28. The Morgan fingerprint density at radius 1 is 0.488 bits per heavy atom. The molecule has 0 radical (unpaired) electrons. The number of hydrogen-bond donors (Lipinski definition) is 2. The van der Waals surface area contributed by atoms with Gasteiger partial charge in [-0.05, 0) is 53.6 Å². The summed E-state index contributed by atoms with van der Waals surface area (Å²) in [6, 6.07) is 52.5. The van der Waals surface area contributed by atoms with E-state index in [-0.39, 0.29) is 0 Å². The second-order valence-corrected chi connectivity index (χ2v) is 9.91. The Hall–Kier alpha value is -5.61. The van der Waals surface area contributed by atoms with Crippen LogP contribution in [0.25, 0.3) is 39.0 Å². The highest BCUT2D eigenvalue weighted by molar-refractivity contribution is 5.94. The smallest absolute Gasteiger partial charge is 0.100 e. The zero-order chi connectivity index (χ0) is 27.4. The van der Waals surface area contributed by atoms with Gasteiger partial charge in [-0.3, -0.25) is 4.57 Å². The van der Waals surface area contributed by atoms with Crippen LogP contribution in [0, 0.1) is 0 Å². The molecule has 0 fully saturated rings. The van der Waals surface area contributed by atoms with Crippen molar-refractivity contribution >= 4 is 33.8 Å². The van der Waals surface area contributed by atoms with Crippen LogP contribution >= 0.6 is 0 Å². The summed E-state index contributed by atoms with van der Waals surface area (Å²) in [5.74, 6) is 0. The monoisotopic (exact) mass is 528 g/mol. The summed E-state index contributed by atoms with van der Waals surface area (Å²) in [6.45, 7) is 0. The number of anilines is 4. The van der Waals surface area contributed by atoms with Crippen LogP contribution in [0.2, 0.25) is 0 Å². The number of hydrogen-bond acceptors (Lipinski definition) is 3. The molecule has 6 aromatic carbocycles.